The molecule has 2 N–H and O–H groups in total. The largest absolute Gasteiger partial charge is 0.394 e. The molecule has 0 aromatic rings. The molecular weight excluding hydrogens is 496 g/mol. The van der Waals surface area contributed by atoms with Crippen molar-refractivity contribution in [3.8, 4) is 0 Å². The predicted octanol–water partition coefficient (Wildman–Crippen LogP) is -0.500. The van der Waals surface area contributed by atoms with E-state index in [1.807, 2.05) is 6.92 Å². The van der Waals surface area contributed by atoms with Gasteiger partial charge in [-0.1, -0.05) is 0 Å². The van der Waals surface area contributed by atoms with Crippen molar-refractivity contribution in [1.82, 2.24) is 0 Å². The molecule has 0 aliphatic rings. The smallest absolute Gasteiger partial charge is 0.178 e. The molecule has 1 atom stereocenters. The predicted molar refractivity (Wildman–Crippen MR) is 133 cm³/mol. The maximum absolute atomic E-state index is 9.64. The van der Waals surface area contributed by atoms with Gasteiger partial charge in [0.25, 0.3) is 0 Å². The molecule has 0 spiro atoms. The van der Waals surface area contributed by atoms with E-state index in [1.165, 1.54) is 0 Å². The van der Waals surface area contributed by atoms with E-state index >= 15 is 0 Å². The SMILES string of the molecule is CCOCCOCCOCCOCCOCCOCCOCCOCC(O)OCCOCCOCCO. The molecule has 0 bridgehead atoms. The molecule has 0 aliphatic heterocycles. The topological polar surface area (TPSA) is 142 Å². The van der Waals surface area contributed by atoms with Crippen molar-refractivity contribution in [2.24, 2.45) is 0 Å². The van der Waals surface area contributed by atoms with E-state index in [-0.39, 0.29) is 19.8 Å². The van der Waals surface area contributed by atoms with Crippen LogP contribution >= 0.6 is 0 Å². The van der Waals surface area contributed by atoms with Crippen molar-refractivity contribution in [3.05, 3.63) is 0 Å². The number of aliphatic hydroxyl groups excluding tert-OH is 2. The first-order valence-corrected chi connectivity index (χ1v) is 13.0. The van der Waals surface area contributed by atoms with Crippen molar-refractivity contribution < 1.29 is 62.3 Å². The lowest BCUT2D eigenvalue weighted by Gasteiger charge is -2.13. The first-order valence-electron chi connectivity index (χ1n) is 13.0. The summed E-state index contributed by atoms with van der Waals surface area (Å²) in [5.41, 5.74) is 0. The van der Waals surface area contributed by atoms with Gasteiger partial charge < -0.3 is 62.3 Å². The number of rotatable bonds is 33. The maximum atomic E-state index is 9.64. The highest BCUT2D eigenvalue weighted by atomic mass is 16.6. The molecule has 0 aromatic carbocycles. The monoisotopic (exact) mass is 546 g/mol. The summed E-state index contributed by atoms with van der Waals surface area (Å²) in [7, 11) is 0. The summed E-state index contributed by atoms with van der Waals surface area (Å²) in [4.78, 5) is 0. The Morgan fingerprint density at radius 2 is 0.703 bits per heavy atom. The zero-order valence-corrected chi connectivity index (χ0v) is 22.5. The minimum atomic E-state index is -1.02. The summed E-state index contributed by atoms with van der Waals surface area (Å²) in [6, 6.07) is 0. The van der Waals surface area contributed by atoms with Gasteiger partial charge in [-0.25, -0.2) is 0 Å². The number of hydrogen-bond donors (Lipinski definition) is 2. The second-order valence-corrected chi connectivity index (χ2v) is 7.22. The molecule has 0 saturated carbocycles. The van der Waals surface area contributed by atoms with Crippen molar-refractivity contribution in [3.63, 3.8) is 0 Å². The van der Waals surface area contributed by atoms with Gasteiger partial charge in [0.05, 0.1) is 139 Å². The van der Waals surface area contributed by atoms with E-state index in [0.717, 1.165) is 0 Å². The van der Waals surface area contributed by atoms with E-state index in [9.17, 15) is 5.11 Å². The minimum Gasteiger partial charge on any atom is -0.394 e. The fourth-order valence-corrected chi connectivity index (χ4v) is 2.44. The van der Waals surface area contributed by atoms with Gasteiger partial charge in [0.15, 0.2) is 6.29 Å². The van der Waals surface area contributed by atoms with Crippen LogP contribution in [0.25, 0.3) is 0 Å². The van der Waals surface area contributed by atoms with Crippen LogP contribution in [0.5, 0.6) is 0 Å². The van der Waals surface area contributed by atoms with Gasteiger partial charge in [0, 0.05) is 6.61 Å². The second kappa shape index (κ2) is 33.5. The van der Waals surface area contributed by atoms with Crippen LogP contribution in [0.15, 0.2) is 0 Å². The quantitative estimate of drug-likeness (QED) is 0.0807. The summed E-state index contributed by atoms with van der Waals surface area (Å²) in [5, 5.41) is 18.2. The van der Waals surface area contributed by atoms with E-state index < -0.39 is 6.29 Å². The first kappa shape index (κ1) is 36.5. The lowest BCUT2D eigenvalue weighted by atomic mass is 10.6. The van der Waals surface area contributed by atoms with Crippen molar-refractivity contribution in [1.29, 1.82) is 0 Å². The summed E-state index contributed by atoms with van der Waals surface area (Å²) < 4.78 is 58.3. The molecule has 13 heteroatoms. The number of aliphatic hydroxyl groups is 2. The fourth-order valence-electron chi connectivity index (χ4n) is 2.44. The molecular formula is C24H50O13. The van der Waals surface area contributed by atoms with Crippen LogP contribution in [0.4, 0.5) is 0 Å². The molecule has 224 valence electrons. The van der Waals surface area contributed by atoms with Gasteiger partial charge in [-0.3, -0.25) is 0 Å². The molecule has 37 heavy (non-hydrogen) atoms. The number of ether oxygens (including phenoxy) is 11. The van der Waals surface area contributed by atoms with Crippen LogP contribution in [0.2, 0.25) is 0 Å². The zero-order chi connectivity index (χ0) is 26.9. The standard InChI is InChI=1S/C24H50O13/c1-2-27-5-6-29-9-10-30-11-12-31-13-14-32-15-16-33-17-18-34-19-20-36-23-24(26)37-22-21-35-8-7-28-4-3-25/h24-26H,2-23H2,1H3. The number of hydrogen-bond acceptors (Lipinski definition) is 13. The third kappa shape index (κ3) is 33.5. The van der Waals surface area contributed by atoms with E-state index in [0.29, 0.717) is 126 Å². The third-order valence-electron chi connectivity index (χ3n) is 4.21. The molecule has 13 nitrogen and oxygen atoms in total. The minimum absolute atomic E-state index is 0.00716. The van der Waals surface area contributed by atoms with Gasteiger partial charge in [-0.05, 0) is 6.92 Å². The van der Waals surface area contributed by atoms with Crippen LogP contribution in [-0.4, -0.2) is 162 Å². The Morgan fingerprint density at radius 3 is 1.05 bits per heavy atom. The molecule has 0 saturated heterocycles. The lowest BCUT2D eigenvalue weighted by Crippen LogP contribution is -2.23. The van der Waals surface area contributed by atoms with Gasteiger partial charge in [-0.2, -0.15) is 0 Å². The van der Waals surface area contributed by atoms with E-state index in [4.69, 9.17) is 57.2 Å². The Labute approximate surface area is 221 Å². The summed E-state index contributed by atoms with van der Waals surface area (Å²) >= 11 is 0. The van der Waals surface area contributed by atoms with Crippen LogP contribution in [0.1, 0.15) is 6.92 Å². The normalized spacial score (nSPS) is 12.4. The highest BCUT2D eigenvalue weighted by Crippen LogP contribution is 1.91. The Bertz CT molecular complexity index is 407. The van der Waals surface area contributed by atoms with Gasteiger partial charge in [-0.15, -0.1) is 0 Å². The van der Waals surface area contributed by atoms with Crippen molar-refractivity contribution in [2.75, 3.05) is 145 Å². The molecule has 0 radical (unpaired) electrons. The fraction of sp³-hybridized carbons (Fsp3) is 1.00. The average molecular weight is 547 g/mol. The van der Waals surface area contributed by atoms with Crippen molar-refractivity contribution in [2.45, 2.75) is 13.2 Å². The van der Waals surface area contributed by atoms with Crippen molar-refractivity contribution >= 4 is 0 Å². The molecule has 0 rings (SSSR count). The van der Waals surface area contributed by atoms with Crippen LogP contribution in [0.3, 0.4) is 0 Å². The summed E-state index contributed by atoms with van der Waals surface area (Å²) in [6.45, 7) is 11.4. The average Bonchev–Trinajstić information content (AvgIpc) is 2.90. The second-order valence-electron chi connectivity index (χ2n) is 7.22. The Kier molecular flexibility index (Phi) is 33.0. The molecule has 0 heterocycles. The van der Waals surface area contributed by atoms with Crippen LogP contribution < -0.4 is 0 Å². The molecule has 0 aromatic heterocycles. The van der Waals surface area contributed by atoms with Gasteiger partial charge in [0.2, 0.25) is 0 Å². The maximum Gasteiger partial charge on any atom is 0.178 e. The Balaban J connectivity index is 3.10. The third-order valence-corrected chi connectivity index (χ3v) is 4.21. The highest BCUT2D eigenvalue weighted by molar-refractivity contribution is 4.41. The Hall–Kier alpha value is -0.520. The molecule has 1 unspecified atom stereocenters. The lowest BCUT2D eigenvalue weighted by molar-refractivity contribution is -0.149. The van der Waals surface area contributed by atoms with Gasteiger partial charge >= 0.3 is 0 Å². The Morgan fingerprint density at radius 1 is 0.405 bits per heavy atom. The van der Waals surface area contributed by atoms with Crippen LogP contribution in [-0.2, 0) is 52.1 Å². The zero-order valence-electron chi connectivity index (χ0n) is 22.5. The first-order chi connectivity index (χ1) is 18.3. The van der Waals surface area contributed by atoms with E-state index in [2.05, 4.69) is 0 Å². The van der Waals surface area contributed by atoms with Gasteiger partial charge in [0.1, 0.15) is 0 Å². The molecule has 0 aliphatic carbocycles. The van der Waals surface area contributed by atoms with Crippen LogP contribution in [0, 0.1) is 0 Å². The summed E-state index contributed by atoms with van der Waals surface area (Å²) in [5.74, 6) is 0. The summed E-state index contributed by atoms with van der Waals surface area (Å²) in [6.07, 6.45) is -1.02. The van der Waals surface area contributed by atoms with E-state index in [1.54, 1.807) is 0 Å². The molecule has 0 fully saturated rings. The molecule has 0 amide bonds. The highest BCUT2D eigenvalue weighted by Gasteiger charge is 2.04.